The lowest BCUT2D eigenvalue weighted by atomic mass is 9.92. The van der Waals surface area contributed by atoms with Gasteiger partial charge in [0.15, 0.2) is 0 Å². The van der Waals surface area contributed by atoms with Crippen LogP contribution in [0.5, 0.6) is 0 Å². The molecule has 1 N–H and O–H groups in total. The molecule has 2 rings (SSSR count). The molecule has 1 aromatic carbocycles. The van der Waals surface area contributed by atoms with Crippen molar-refractivity contribution in [3.63, 3.8) is 0 Å². The summed E-state index contributed by atoms with van der Waals surface area (Å²) >= 11 is 5.82. The van der Waals surface area contributed by atoms with E-state index in [0.717, 1.165) is 18.7 Å². The molecular weight excluding hydrogens is 272 g/mol. The van der Waals surface area contributed by atoms with Gasteiger partial charge in [-0.3, -0.25) is 0 Å². The van der Waals surface area contributed by atoms with E-state index in [1.54, 1.807) is 6.20 Å². The number of likely N-dealkylation sites (tertiary alicyclic amines) is 1. The Morgan fingerprint density at radius 3 is 2.45 bits per heavy atom. The number of hydrogen-bond donors (Lipinski definition) is 1. The van der Waals surface area contributed by atoms with Gasteiger partial charge in [0.1, 0.15) is 0 Å². The highest BCUT2D eigenvalue weighted by Crippen LogP contribution is 2.20. The van der Waals surface area contributed by atoms with Crippen LogP contribution < -0.4 is 5.32 Å². The minimum Gasteiger partial charge on any atom is -0.324 e. The van der Waals surface area contributed by atoms with Gasteiger partial charge in [0.05, 0.1) is 0 Å². The second kappa shape index (κ2) is 6.80. The predicted octanol–water partition coefficient (Wildman–Crippen LogP) is 4.00. The van der Waals surface area contributed by atoms with Crippen molar-refractivity contribution in [2.24, 2.45) is 11.8 Å². The second-order valence-electron chi connectivity index (χ2n) is 5.69. The standard InChI is InChI=1S/C16H21ClN2O/c1-12-9-13(2)11-19(10-12)16(20)18-8-7-14-3-5-15(17)6-4-14/h3-8,12-13H,9-11H2,1-2H3,(H,18,20)/b8-7+. The molecular formula is C16H21ClN2O. The van der Waals surface area contributed by atoms with Gasteiger partial charge in [-0.05, 0) is 42.0 Å². The summed E-state index contributed by atoms with van der Waals surface area (Å²) in [5.74, 6) is 1.15. The Balaban J connectivity index is 1.86. The zero-order valence-electron chi connectivity index (χ0n) is 12.0. The fourth-order valence-corrected chi connectivity index (χ4v) is 2.83. The van der Waals surface area contributed by atoms with Crippen LogP contribution in [0, 0.1) is 11.8 Å². The summed E-state index contributed by atoms with van der Waals surface area (Å²) < 4.78 is 0. The molecule has 3 nitrogen and oxygen atoms in total. The molecule has 0 saturated carbocycles. The van der Waals surface area contributed by atoms with E-state index in [4.69, 9.17) is 11.6 Å². The van der Waals surface area contributed by atoms with Crippen molar-refractivity contribution in [2.75, 3.05) is 13.1 Å². The minimum atomic E-state index is -0.0198. The highest BCUT2D eigenvalue weighted by molar-refractivity contribution is 6.30. The third-order valence-electron chi connectivity index (χ3n) is 3.51. The molecule has 0 aliphatic carbocycles. The summed E-state index contributed by atoms with van der Waals surface area (Å²) in [4.78, 5) is 14.0. The molecule has 0 aromatic heterocycles. The normalized spacial score (nSPS) is 23.1. The summed E-state index contributed by atoms with van der Waals surface area (Å²) in [6.07, 6.45) is 4.75. The molecule has 1 fully saturated rings. The lowest BCUT2D eigenvalue weighted by molar-refractivity contribution is 0.149. The van der Waals surface area contributed by atoms with Crippen molar-refractivity contribution in [2.45, 2.75) is 20.3 Å². The lowest BCUT2D eigenvalue weighted by Gasteiger charge is -2.34. The number of benzene rings is 1. The monoisotopic (exact) mass is 292 g/mol. The van der Waals surface area contributed by atoms with E-state index in [1.807, 2.05) is 35.2 Å². The van der Waals surface area contributed by atoms with Gasteiger partial charge in [0.25, 0.3) is 0 Å². The molecule has 1 aromatic rings. The topological polar surface area (TPSA) is 32.3 Å². The summed E-state index contributed by atoms with van der Waals surface area (Å²) in [6.45, 7) is 6.06. The Hall–Kier alpha value is -1.48. The van der Waals surface area contributed by atoms with Gasteiger partial charge in [-0.1, -0.05) is 37.6 Å². The van der Waals surface area contributed by atoms with Gasteiger partial charge in [-0.15, -0.1) is 0 Å². The van der Waals surface area contributed by atoms with Crippen LogP contribution >= 0.6 is 11.6 Å². The number of rotatable bonds is 2. The first kappa shape index (κ1) is 14.9. The summed E-state index contributed by atoms with van der Waals surface area (Å²) in [6, 6.07) is 7.47. The average Bonchev–Trinajstić information content (AvgIpc) is 2.40. The van der Waals surface area contributed by atoms with Crippen LogP contribution in [0.1, 0.15) is 25.8 Å². The first-order valence-corrected chi connectivity index (χ1v) is 7.40. The molecule has 1 aliphatic rings. The van der Waals surface area contributed by atoms with E-state index in [9.17, 15) is 4.79 Å². The number of urea groups is 1. The number of amides is 2. The number of carbonyl (C=O) groups excluding carboxylic acids is 1. The van der Waals surface area contributed by atoms with E-state index in [0.29, 0.717) is 16.9 Å². The fourth-order valence-electron chi connectivity index (χ4n) is 2.70. The molecule has 2 atom stereocenters. The number of piperidine rings is 1. The molecule has 20 heavy (non-hydrogen) atoms. The molecule has 2 amide bonds. The Labute approximate surface area is 125 Å². The van der Waals surface area contributed by atoms with Gasteiger partial charge in [0, 0.05) is 24.3 Å². The van der Waals surface area contributed by atoms with Crippen LogP contribution in [0.2, 0.25) is 5.02 Å². The minimum absolute atomic E-state index is 0.0198. The summed E-state index contributed by atoms with van der Waals surface area (Å²) in [7, 11) is 0. The number of nitrogens with one attached hydrogen (secondary N) is 1. The number of nitrogens with zero attached hydrogens (tertiary/aromatic N) is 1. The molecule has 0 radical (unpaired) electrons. The molecule has 108 valence electrons. The largest absolute Gasteiger partial charge is 0.324 e. The highest BCUT2D eigenvalue weighted by atomic mass is 35.5. The highest BCUT2D eigenvalue weighted by Gasteiger charge is 2.24. The zero-order chi connectivity index (χ0) is 14.5. The van der Waals surface area contributed by atoms with Crippen molar-refractivity contribution in [3.05, 3.63) is 41.1 Å². The third kappa shape index (κ3) is 4.27. The van der Waals surface area contributed by atoms with Gasteiger partial charge in [-0.25, -0.2) is 4.79 Å². The molecule has 0 spiro atoms. The van der Waals surface area contributed by atoms with Crippen LogP contribution in [-0.2, 0) is 0 Å². The van der Waals surface area contributed by atoms with Crippen LogP contribution in [0.15, 0.2) is 30.5 Å². The Bertz CT molecular complexity index is 474. The SMILES string of the molecule is CC1CC(C)CN(C(=O)N/C=C/c2ccc(Cl)cc2)C1. The van der Waals surface area contributed by atoms with E-state index < -0.39 is 0 Å². The summed E-state index contributed by atoms with van der Waals surface area (Å²) in [5, 5.41) is 3.54. The molecule has 0 bridgehead atoms. The van der Waals surface area contributed by atoms with Crippen molar-refractivity contribution in [3.8, 4) is 0 Å². The molecule has 1 aliphatic heterocycles. The predicted molar refractivity (Wildman–Crippen MR) is 83.5 cm³/mol. The Morgan fingerprint density at radius 1 is 1.25 bits per heavy atom. The Morgan fingerprint density at radius 2 is 1.85 bits per heavy atom. The second-order valence-corrected chi connectivity index (χ2v) is 6.12. The molecule has 1 saturated heterocycles. The smallest absolute Gasteiger partial charge is 0.321 e. The first-order valence-electron chi connectivity index (χ1n) is 7.02. The van der Waals surface area contributed by atoms with Crippen molar-refractivity contribution < 1.29 is 4.79 Å². The van der Waals surface area contributed by atoms with E-state index >= 15 is 0 Å². The van der Waals surface area contributed by atoms with Gasteiger partial charge >= 0.3 is 6.03 Å². The molecule has 2 unspecified atom stereocenters. The van der Waals surface area contributed by atoms with E-state index in [1.165, 1.54) is 6.42 Å². The maximum Gasteiger partial charge on any atom is 0.321 e. The Kier molecular flexibility index (Phi) is 5.07. The van der Waals surface area contributed by atoms with Crippen molar-refractivity contribution >= 4 is 23.7 Å². The molecule has 1 heterocycles. The van der Waals surface area contributed by atoms with Gasteiger partial charge in [-0.2, -0.15) is 0 Å². The fraction of sp³-hybridized carbons (Fsp3) is 0.438. The summed E-state index contributed by atoms with van der Waals surface area (Å²) in [5.41, 5.74) is 1.01. The van der Waals surface area contributed by atoms with E-state index in [2.05, 4.69) is 19.2 Å². The maximum atomic E-state index is 12.1. The lowest BCUT2D eigenvalue weighted by Crippen LogP contribution is -2.46. The average molecular weight is 293 g/mol. The number of carbonyl (C=O) groups is 1. The van der Waals surface area contributed by atoms with Crippen molar-refractivity contribution in [1.82, 2.24) is 10.2 Å². The van der Waals surface area contributed by atoms with Crippen LogP contribution in [0.3, 0.4) is 0 Å². The van der Waals surface area contributed by atoms with Gasteiger partial charge in [0.2, 0.25) is 0 Å². The number of halogens is 1. The third-order valence-corrected chi connectivity index (χ3v) is 3.76. The van der Waals surface area contributed by atoms with Crippen LogP contribution in [0.25, 0.3) is 6.08 Å². The first-order chi connectivity index (χ1) is 9.54. The van der Waals surface area contributed by atoms with Crippen LogP contribution in [0.4, 0.5) is 4.79 Å². The van der Waals surface area contributed by atoms with Crippen molar-refractivity contribution in [1.29, 1.82) is 0 Å². The van der Waals surface area contributed by atoms with E-state index in [-0.39, 0.29) is 6.03 Å². The van der Waals surface area contributed by atoms with Gasteiger partial charge < -0.3 is 10.2 Å². The van der Waals surface area contributed by atoms with Crippen LogP contribution in [-0.4, -0.2) is 24.0 Å². The number of hydrogen-bond acceptors (Lipinski definition) is 1. The molecule has 4 heteroatoms. The maximum absolute atomic E-state index is 12.1. The quantitative estimate of drug-likeness (QED) is 0.878. The zero-order valence-corrected chi connectivity index (χ0v) is 12.7.